The van der Waals surface area contributed by atoms with Crippen molar-refractivity contribution in [3.63, 3.8) is 0 Å². The lowest BCUT2D eigenvalue weighted by molar-refractivity contribution is 0.218. The third-order valence-electron chi connectivity index (χ3n) is 6.84. The Morgan fingerprint density at radius 2 is 1.94 bits per heavy atom. The lowest BCUT2D eigenvalue weighted by Gasteiger charge is -2.33. The number of benzene rings is 1. The molecule has 0 amide bonds. The molecule has 0 N–H and O–H groups in total. The topological polar surface area (TPSA) is 44.1 Å². The molecule has 1 aliphatic rings. The van der Waals surface area contributed by atoms with Crippen molar-refractivity contribution in [3.05, 3.63) is 45.1 Å². The summed E-state index contributed by atoms with van der Waals surface area (Å²) in [6, 6.07) is 7.75. The van der Waals surface area contributed by atoms with E-state index in [0.717, 1.165) is 58.2 Å². The Morgan fingerprint density at radius 3 is 2.61 bits per heavy atom. The zero-order valence-corrected chi connectivity index (χ0v) is 22.2. The number of hydrogen-bond donors (Lipinski definition) is 0. The van der Waals surface area contributed by atoms with E-state index in [4.69, 9.17) is 9.72 Å². The van der Waals surface area contributed by atoms with Crippen molar-refractivity contribution >= 4 is 33.3 Å². The zero-order chi connectivity index (χ0) is 23.6. The number of methoxy groups -OCH3 is 1. The van der Waals surface area contributed by atoms with Gasteiger partial charge in [0, 0.05) is 10.6 Å². The Hall–Kier alpha value is -1.79. The standard InChI is InChI=1S/C27H36N2O2S2/c1-6-7-8-9-16-32-26-28-24-23(21-15-10-18(27(2,3)4)17-22(21)33-24)25(30)29(26)19-11-13-20(31-5)14-12-19/h11-14,18H,6-10,15-17H2,1-5H3/t18-/m0/s1. The molecular weight excluding hydrogens is 448 g/mol. The maximum Gasteiger partial charge on any atom is 0.267 e. The van der Waals surface area contributed by atoms with Crippen molar-refractivity contribution in [2.45, 2.75) is 77.8 Å². The third kappa shape index (κ3) is 5.17. The maximum absolute atomic E-state index is 13.9. The summed E-state index contributed by atoms with van der Waals surface area (Å²) in [6.45, 7) is 9.22. The fourth-order valence-corrected chi connectivity index (χ4v) is 7.05. The molecule has 6 heteroatoms. The summed E-state index contributed by atoms with van der Waals surface area (Å²) >= 11 is 3.46. The van der Waals surface area contributed by atoms with E-state index in [9.17, 15) is 4.79 Å². The summed E-state index contributed by atoms with van der Waals surface area (Å²) in [5, 5.41) is 1.65. The first kappa shape index (κ1) is 24.3. The Morgan fingerprint density at radius 1 is 1.18 bits per heavy atom. The van der Waals surface area contributed by atoms with Crippen LogP contribution in [-0.4, -0.2) is 22.4 Å². The van der Waals surface area contributed by atoms with Gasteiger partial charge in [-0.3, -0.25) is 9.36 Å². The average Bonchev–Trinajstić information content (AvgIpc) is 3.16. The van der Waals surface area contributed by atoms with E-state index in [1.54, 1.807) is 30.2 Å². The molecule has 0 radical (unpaired) electrons. The van der Waals surface area contributed by atoms with Crippen molar-refractivity contribution < 1.29 is 4.74 Å². The van der Waals surface area contributed by atoms with Gasteiger partial charge < -0.3 is 4.74 Å². The Kier molecular flexibility index (Phi) is 7.54. The Labute approximate surface area is 205 Å². The van der Waals surface area contributed by atoms with Crippen LogP contribution < -0.4 is 10.3 Å². The molecule has 2 aromatic heterocycles. The molecule has 0 fully saturated rings. The van der Waals surface area contributed by atoms with Gasteiger partial charge in [-0.2, -0.15) is 0 Å². The first-order chi connectivity index (χ1) is 15.8. The van der Waals surface area contributed by atoms with Gasteiger partial charge in [-0.25, -0.2) is 4.98 Å². The van der Waals surface area contributed by atoms with Crippen LogP contribution in [0.3, 0.4) is 0 Å². The summed E-state index contributed by atoms with van der Waals surface area (Å²) in [5.41, 5.74) is 2.46. The van der Waals surface area contributed by atoms with Gasteiger partial charge in [-0.1, -0.05) is 58.7 Å². The van der Waals surface area contributed by atoms with Crippen LogP contribution in [-0.2, 0) is 12.8 Å². The average molecular weight is 485 g/mol. The molecule has 0 saturated heterocycles. The molecule has 0 spiro atoms. The third-order valence-corrected chi connectivity index (χ3v) is 9.01. The highest BCUT2D eigenvalue weighted by Crippen LogP contribution is 2.42. The van der Waals surface area contributed by atoms with E-state index in [1.807, 2.05) is 28.8 Å². The minimum Gasteiger partial charge on any atom is -0.497 e. The minimum atomic E-state index is 0.0768. The predicted molar refractivity (Wildman–Crippen MR) is 142 cm³/mol. The summed E-state index contributed by atoms with van der Waals surface area (Å²) in [5.74, 6) is 2.41. The highest BCUT2D eigenvalue weighted by atomic mass is 32.2. The van der Waals surface area contributed by atoms with Crippen molar-refractivity contribution in [1.82, 2.24) is 9.55 Å². The number of hydrogen-bond acceptors (Lipinski definition) is 5. The number of thiophene rings is 1. The number of aromatic nitrogens is 2. The maximum atomic E-state index is 13.9. The van der Waals surface area contributed by atoms with Gasteiger partial charge in [-0.05, 0) is 66.8 Å². The second kappa shape index (κ2) is 10.2. The van der Waals surface area contributed by atoms with Crippen LogP contribution in [0.5, 0.6) is 5.75 Å². The van der Waals surface area contributed by atoms with Gasteiger partial charge in [0.2, 0.25) is 0 Å². The predicted octanol–water partition coefficient (Wildman–Crippen LogP) is 7.28. The van der Waals surface area contributed by atoms with Gasteiger partial charge in [0.1, 0.15) is 10.6 Å². The molecule has 1 aromatic carbocycles. The van der Waals surface area contributed by atoms with Crippen LogP contribution in [0.25, 0.3) is 15.9 Å². The highest BCUT2D eigenvalue weighted by molar-refractivity contribution is 7.99. The first-order valence-electron chi connectivity index (χ1n) is 12.2. The van der Waals surface area contributed by atoms with Crippen molar-refractivity contribution in [2.24, 2.45) is 11.3 Å². The van der Waals surface area contributed by atoms with E-state index >= 15 is 0 Å². The van der Waals surface area contributed by atoms with Crippen molar-refractivity contribution in [2.75, 3.05) is 12.9 Å². The van der Waals surface area contributed by atoms with E-state index in [0.29, 0.717) is 5.92 Å². The number of aryl methyl sites for hydroxylation is 1. The van der Waals surface area contributed by atoms with Crippen molar-refractivity contribution in [1.29, 1.82) is 0 Å². The van der Waals surface area contributed by atoms with E-state index in [2.05, 4.69) is 27.7 Å². The van der Waals surface area contributed by atoms with Gasteiger partial charge in [0.05, 0.1) is 18.2 Å². The van der Waals surface area contributed by atoms with Crippen LogP contribution >= 0.6 is 23.1 Å². The van der Waals surface area contributed by atoms with Crippen molar-refractivity contribution in [3.8, 4) is 11.4 Å². The molecule has 0 bridgehead atoms. The van der Waals surface area contributed by atoms with Crippen LogP contribution in [0.2, 0.25) is 0 Å². The molecule has 3 aromatic rings. The monoisotopic (exact) mass is 484 g/mol. The van der Waals surface area contributed by atoms with E-state index in [-0.39, 0.29) is 11.0 Å². The molecule has 4 rings (SSSR count). The van der Waals surface area contributed by atoms with Gasteiger partial charge in [-0.15, -0.1) is 11.3 Å². The second-order valence-corrected chi connectivity index (χ2v) is 12.3. The number of unbranched alkanes of at least 4 members (excludes halogenated alkanes) is 3. The van der Waals surface area contributed by atoms with E-state index in [1.165, 1.54) is 29.7 Å². The largest absolute Gasteiger partial charge is 0.497 e. The quantitative estimate of drug-likeness (QED) is 0.191. The Balaban J connectivity index is 1.78. The molecule has 4 nitrogen and oxygen atoms in total. The SMILES string of the molecule is CCCCCCSc1nc2sc3c(c2c(=O)n1-c1ccc(OC)cc1)CC[C@H](C(C)(C)C)C3. The lowest BCUT2D eigenvalue weighted by Crippen LogP contribution is -2.27. The lowest BCUT2D eigenvalue weighted by atomic mass is 9.72. The molecule has 0 aliphatic heterocycles. The second-order valence-electron chi connectivity index (χ2n) is 10.1. The van der Waals surface area contributed by atoms with Crippen LogP contribution in [0, 0.1) is 11.3 Å². The molecule has 2 heterocycles. The molecule has 1 atom stereocenters. The van der Waals surface area contributed by atoms with Crippen LogP contribution in [0.4, 0.5) is 0 Å². The molecule has 0 unspecified atom stereocenters. The number of fused-ring (bicyclic) bond motifs is 3. The molecular formula is C27H36N2O2S2. The molecule has 178 valence electrons. The van der Waals surface area contributed by atoms with Gasteiger partial charge in [0.25, 0.3) is 5.56 Å². The molecule has 1 aliphatic carbocycles. The molecule has 0 saturated carbocycles. The Bertz CT molecular complexity index is 1160. The first-order valence-corrected chi connectivity index (χ1v) is 14.0. The highest BCUT2D eigenvalue weighted by Gasteiger charge is 2.32. The van der Waals surface area contributed by atoms with Gasteiger partial charge in [0.15, 0.2) is 5.16 Å². The fourth-order valence-electron chi connectivity index (χ4n) is 4.69. The number of ether oxygens (including phenoxy) is 1. The fraction of sp³-hybridized carbons (Fsp3) is 0.556. The van der Waals surface area contributed by atoms with Crippen LogP contribution in [0.1, 0.15) is 70.2 Å². The summed E-state index contributed by atoms with van der Waals surface area (Å²) < 4.78 is 7.16. The molecule has 33 heavy (non-hydrogen) atoms. The number of nitrogens with zero attached hydrogens (tertiary/aromatic N) is 2. The minimum absolute atomic E-state index is 0.0768. The summed E-state index contributed by atoms with van der Waals surface area (Å²) in [4.78, 5) is 21.3. The van der Waals surface area contributed by atoms with E-state index < -0.39 is 0 Å². The number of rotatable bonds is 8. The van der Waals surface area contributed by atoms with Crippen LogP contribution in [0.15, 0.2) is 34.2 Å². The normalized spacial score (nSPS) is 16.2. The van der Waals surface area contributed by atoms with Gasteiger partial charge >= 0.3 is 0 Å². The number of thioether (sulfide) groups is 1. The smallest absolute Gasteiger partial charge is 0.267 e. The zero-order valence-electron chi connectivity index (χ0n) is 20.6. The summed E-state index contributed by atoms with van der Waals surface area (Å²) in [6.07, 6.45) is 8.01. The summed E-state index contributed by atoms with van der Waals surface area (Å²) in [7, 11) is 1.66.